The van der Waals surface area contributed by atoms with Gasteiger partial charge in [-0.2, -0.15) is 17.0 Å². The predicted octanol–water partition coefficient (Wildman–Crippen LogP) is -1.24. The Balaban J connectivity index is 2.45. The van der Waals surface area contributed by atoms with E-state index in [-0.39, 0.29) is 0 Å². The van der Waals surface area contributed by atoms with Crippen LogP contribution in [-0.2, 0) is 10.2 Å². The number of hydrogen-bond donors (Lipinski definition) is 1. The minimum Gasteiger partial charge on any atom is -0.329 e. The Bertz CT molecular complexity index is 305. The van der Waals surface area contributed by atoms with Crippen LogP contribution in [0.15, 0.2) is 0 Å². The average molecular weight is 250 g/mol. The van der Waals surface area contributed by atoms with Gasteiger partial charge in [-0.3, -0.25) is 0 Å². The molecule has 7 heteroatoms. The van der Waals surface area contributed by atoms with E-state index in [9.17, 15) is 8.42 Å². The van der Waals surface area contributed by atoms with Gasteiger partial charge in [-0.25, -0.2) is 0 Å². The van der Waals surface area contributed by atoms with E-state index < -0.39 is 10.2 Å². The first-order valence-corrected chi connectivity index (χ1v) is 6.98. The summed E-state index contributed by atoms with van der Waals surface area (Å²) in [5.41, 5.74) is 5.38. The molecule has 0 saturated carbocycles. The van der Waals surface area contributed by atoms with E-state index in [0.29, 0.717) is 32.7 Å². The minimum atomic E-state index is -3.22. The molecule has 1 heterocycles. The standard InChI is InChI=1S/C9H22N4O2S/c1-11(2)5-3-6-12-8-9-13(7-4-10)16(12,14)15/h3-10H2,1-2H3. The zero-order valence-corrected chi connectivity index (χ0v) is 10.9. The smallest absolute Gasteiger partial charge is 0.282 e. The molecule has 16 heavy (non-hydrogen) atoms. The predicted molar refractivity (Wildman–Crippen MR) is 64.3 cm³/mol. The molecule has 0 aliphatic carbocycles. The molecule has 0 unspecified atom stereocenters. The Morgan fingerprint density at radius 3 is 2.25 bits per heavy atom. The fourth-order valence-corrected chi connectivity index (χ4v) is 3.43. The minimum absolute atomic E-state index is 0.380. The van der Waals surface area contributed by atoms with E-state index in [1.807, 2.05) is 14.1 Å². The summed E-state index contributed by atoms with van der Waals surface area (Å²) in [4.78, 5) is 2.06. The molecule has 1 rings (SSSR count). The lowest BCUT2D eigenvalue weighted by molar-refractivity contribution is 0.362. The third-order valence-corrected chi connectivity index (χ3v) is 4.68. The summed E-state index contributed by atoms with van der Waals surface area (Å²) in [6.45, 7) is 3.47. The van der Waals surface area contributed by atoms with Gasteiger partial charge in [0.05, 0.1) is 0 Å². The number of nitrogens with two attached hydrogens (primary N) is 1. The van der Waals surface area contributed by atoms with Crippen molar-refractivity contribution in [3.63, 3.8) is 0 Å². The molecule has 6 nitrogen and oxygen atoms in total. The Morgan fingerprint density at radius 1 is 1.19 bits per heavy atom. The lowest BCUT2D eigenvalue weighted by Crippen LogP contribution is -2.36. The van der Waals surface area contributed by atoms with E-state index in [4.69, 9.17) is 5.73 Å². The zero-order valence-electron chi connectivity index (χ0n) is 10.1. The first-order valence-electron chi connectivity index (χ1n) is 5.58. The largest absolute Gasteiger partial charge is 0.329 e. The maximum atomic E-state index is 11.9. The van der Waals surface area contributed by atoms with Gasteiger partial charge in [-0.05, 0) is 27.1 Å². The van der Waals surface area contributed by atoms with Crippen LogP contribution in [0.3, 0.4) is 0 Å². The van der Waals surface area contributed by atoms with Crippen molar-refractivity contribution in [2.24, 2.45) is 5.73 Å². The van der Waals surface area contributed by atoms with Gasteiger partial charge in [0, 0.05) is 32.7 Å². The topological polar surface area (TPSA) is 69.9 Å². The molecule has 0 aromatic heterocycles. The summed E-state index contributed by atoms with van der Waals surface area (Å²) in [5, 5.41) is 0. The van der Waals surface area contributed by atoms with E-state index in [2.05, 4.69) is 4.90 Å². The van der Waals surface area contributed by atoms with Crippen LogP contribution in [0.5, 0.6) is 0 Å². The summed E-state index contributed by atoms with van der Waals surface area (Å²) in [7, 11) is 0.751. The Morgan fingerprint density at radius 2 is 1.75 bits per heavy atom. The van der Waals surface area contributed by atoms with Gasteiger partial charge < -0.3 is 10.6 Å². The van der Waals surface area contributed by atoms with Gasteiger partial charge in [0.25, 0.3) is 10.2 Å². The van der Waals surface area contributed by atoms with Crippen LogP contribution in [-0.4, -0.2) is 75.3 Å². The third-order valence-electron chi connectivity index (χ3n) is 2.64. The van der Waals surface area contributed by atoms with E-state index in [1.54, 1.807) is 4.31 Å². The van der Waals surface area contributed by atoms with Gasteiger partial charge in [-0.1, -0.05) is 0 Å². The summed E-state index contributed by atoms with van der Waals surface area (Å²) >= 11 is 0. The van der Waals surface area contributed by atoms with Crippen molar-refractivity contribution in [3.8, 4) is 0 Å². The van der Waals surface area contributed by atoms with Crippen LogP contribution in [0.4, 0.5) is 0 Å². The normalized spacial score (nSPS) is 22.0. The summed E-state index contributed by atoms with van der Waals surface area (Å²) in [6.07, 6.45) is 0.864. The van der Waals surface area contributed by atoms with Crippen LogP contribution < -0.4 is 5.73 Å². The Hall–Kier alpha value is -0.210. The first kappa shape index (κ1) is 13.9. The highest BCUT2D eigenvalue weighted by molar-refractivity contribution is 7.87. The van der Waals surface area contributed by atoms with Gasteiger partial charge in [0.1, 0.15) is 0 Å². The molecule has 0 atom stereocenters. The molecule has 0 radical (unpaired) electrons. The molecule has 2 N–H and O–H groups in total. The second-order valence-corrected chi connectivity index (χ2v) is 6.18. The van der Waals surface area contributed by atoms with Crippen LogP contribution in [0, 0.1) is 0 Å². The highest BCUT2D eigenvalue weighted by atomic mass is 32.2. The summed E-state index contributed by atoms with van der Waals surface area (Å²) in [6, 6.07) is 0. The van der Waals surface area contributed by atoms with E-state index >= 15 is 0 Å². The quantitative estimate of drug-likeness (QED) is 0.640. The molecular formula is C9H22N4O2S. The highest BCUT2D eigenvalue weighted by Crippen LogP contribution is 2.15. The van der Waals surface area contributed by atoms with Crippen molar-refractivity contribution in [2.75, 3.05) is 53.4 Å². The molecular weight excluding hydrogens is 228 g/mol. The van der Waals surface area contributed by atoms with Crippen LogP contribution in [0.25, 0.3) is 0 Å². The second kappa shape index (κ2) is 5.92. The third kappa shape index (κ3) is 3.39. The molecule has 1 saturated heterocycles. The van der Waals surface area contributed by atoms with Crippen LogP contribution in [0.1, 0.15) is 6.42 Å². The molecule has 0 spiro atoms. The number of hydrogen-bond acceptors (Lipinski definition) is 4. The monoisotopic (exact) mass is 250 g/mol. The van der Waals surface area contributed by atoms with Gasteiger partial charge >= 0.3 is 0 Å². The fourth-order valence-electron chi connectivity index (χ4n) is 1.78. The van der Waals surface area contributed by atoms with Crippen molar-refractivity contribution in [3.05, 3.63) is 0 Å². The van der Waals surface area contributed by atoms with Crippen molar-refractivity contribution < 1.29 is 8.42 Å². The van der Waals surface area contributed by atoms with E-state index in [1.165, 1.54) is 4.31 Å². The van der Waals surface area contributed by atoms with Crippen molar-refractivity contribution in [1.82, 2.24) is 13.5 Å². The number of rotatable bonds is 6. The Kier molecular flexibility index (Phi) is 5.13. The highest BCUT2D eigenvalue weighted by Gasteiger charge is 2.35. The van der Waals surface area contributed by atoms with E-state index in [0.717, 1.165) is 13.0 Å². The lowest BCUT2D eigenvalue weighted by Gasteiger charge is -2.18. The zero-order chi connectivity index (χ0) is 12.2. The molecule has 1 fully saturated rings. The molecule has 0 bridgehead atoms. The SMILES string of the molecule is CN(C)CCCN1CCN(CCN)S1(=O)=O. The van der Waals surface area contributed by atoms with Crippen LogP contribution in [0.2, 0.25) is 0 Å². The maximum Gasteiger partial charge on any atom is 0.282 e. The summed E-state index contributed by atoms with van der Waals surface area (Å²) < 4.78 is 26.9. The van der Waals surface area contributed by atoms with Crippen molar-refractivity contribution >= 4 is 10.2 Å². The van der Waals surface area contributed by atoms with Crippen LogP contribution >= 0.6 is 0 Å². The number of nitrogens with zero attached hydrogens (tertiary/aromatic N) is 3. The van der Waals surface area contributed by atoms with Gasteiger partial charge in [0.2, 0.25) is 0 Å². The lowest BCUT2D eigenvalue weighted by atomic mass is 10.4. The van der Waals surface area contributed by atoms with Crippen molar-refractivity contribution in [1.29, 1.82) is 0 Å². The van der Waals surface area contributed by atoms with Gasteiger partial charge in [-0.15, -0.1) is 0 Å². The van der Waals surface area contributed by atoms with Crippen molar-refractivity contribution in [2.45, 2.75) is 6.42 Å². The molecule has 0 aromatic carbocycles. The first-order chi connectivity index (χ1) is 7.48. The molecule has 0 amide bonds. The summed E-state index contributed by atoms with van der Waals surface area (Å²) in [5.74, 6) is 0. The average Bonchev–Trinajstić information content (AvgIpc) is 2.45. The maximum absolute atomic E-state index is 11.9. The molecule has 0 aromatic rings. The fraction of sp³-hybridized carbons (Fsp3) is 1.00. The Labute approximate surface area is 98.2 Å². The molecule has 1 aliphatic heterocycles. The van der Waals surface area contributed by atoms with Gasteiger partial charge in [0.15, 0.2) is 0 Å². The molecule has 96 valence electrons. The molecule has 1 aliphatic rings. The second-order valence-electron chi connectivity index (χ2n) is 4.25.